The predicted octanol–water partition coefficient (Wildman–Crippen LogP) is 1.87. The van der Waals surface area contributed by atoms with E-state index in [1.54, 1.807) is 24.3 Å². The van der Waals surface area contributed by atoms with E-state index in [0.717, 1.165) is 11.8 Å². The molecule has 5 nitrogen and oxygen atoms in total. The Balaban J connectivity index is 2.42. The molecule has 1 aromatic carbocycles. The standard InChI is InChI=1S/C14H15NO4/c1-2-7-19-11-3-4-12-10(8-11)5-6-15(14(12)18)9-13(16)17/h3-6,8H,2,7,9H2,1H3,(H,16,17). The van der Waals surface area contributed by atoms with Gasteiger partial charge in [0, 0.05) is 11.6 Å². The molecule has 1 aromatic heterocycles. The second-order valence-electron chi connectivity index (χ2n) is 4.24. The number of rotatable bonds is 5. The molecule has 0 amide bonds. The zero-order chi connectivity index (χ0) is 13.8. The average molecular weight is 261 g/mol. The molecule has 100 valence electrons. The predicted molar refractivity (Wildman–Crippen MR) is 71.6 cm³/mol. The van der Waals surface area contributed by atoms with Crippen LogP contribution in [0.5, 0.6) is 5.75 Å². The van der Waals surface area contributed by atoms with E-state index in [4.69, 9.17) is 9.84 Å². The largest absolute Gasteiger partial charge is 0.494 e. The number of pyridine rings is 1. The van der Waals surface area contributed by atoms with Crippen molar-refractivity contribution in [3.05, 3.63) is 40.8 Å². The zero-order valence-corrected chi connectivity index (χ0v) is 10.6. The van der Waals surface area contributed by atoms with Gasteiger partial charge in [0.2, 0.25) is 0 Å². The first kappa shape index (κ1) is 13.1. The van der Waals surface area contributed by atoms with Crippen LogP contribution in [0.1, 0.15) is 13.3 Å². The third-order valence-electron chi connectivity index (χ3n) is 2.73. The van der Waals surface area contributed by atoms with Crippen LogP contribution in [0.4, 0.5) is 0 Å². The molecule has 0 unspecified atom stereocenters. The molecule has 2 rings (SSSR count). The summed E-state index contributed by atoms with van der Waals surface area (Å²) in [5.41, 5.74) is -0.304. The van der Waals surface area contributed by atoms with Crippen LogP contribution in [0, 0.1) is 0 Å². The maximum Gasteiger partial charge on any atom is 0.323 e. The first-order valence-corrected chi connectivity index (χ1v) is 6.09. The third kappa shape index (κ3) is 2.93. The van der Waals surface area contributed by atoms with Gasteiger partial charge in [-0.25, -0.2) is 0 Å². The van der Waals surface area contributed by atoms with Crippen molar-refractivity contribution >= 4 is 16.7 Å². The summed E-state index contributed by atoms with van der Waals surface area (Å²) in [5.74, 6) is -0.325. The van der Waals surface area contributed by atoms with Crippen LogP contribution in [0.15, 0.2) is 35.3 Å². The highest BCUT2D eigenvalue weighted by molar-refractivity contribution is 5.83. The number of nitrogens with zero attached hydrogens (tertiary/aromatic N) is 1. The number of hydrogen-bond donors (Lipinski definition) is 1. The number of carbonyl (C=O) groups is 1. The lowest BCUT2D eigenvalue weighted by Gasteiger charge is -2.07. The lowest BCUT2D eigenvalue weighted by Crippen LogP contribution is -2.23. The Bertz CT molecular complexity index is 660. The number of benzene rings is 1. The number of carboxylic acid groups (broad SMARTS) is 1. The summed E-state index contributed by atoms with van der Waals surface area (Å²) in [6.45, 7) is 2.32. The van der Waals surface area contributed by atoms with Crippen molar-refractivity contribution in [1.29, 1.82) is 0 Å². The molecule has 19 heavy (non-hydrogen) atoms. The Morgan fingerprint density at radius 3 is 2.84 bits per heavy atom. The quantitative estimate of drug-likeness (QED) is 0.892. The van der Waals surface area contributed by atoms with Gasteiger partial charge in [-0.3, -0.25) is 9.59 Å². The Labute approximate surface area is 110 Å². The summed E-state index contributed by atoms with van der Waals surface area (Å²) in [5, 5.41) is 9.97. The smallest absolute Gasteiger partial charge is 0.323 e. The number of ether oxygens (including phenoxy) is 1. The molecule has 1 heterocycles. The van der Waals surface area contributed by atoms with Crippen LogP contribution >= 0.6 is 0 Å². The molecule has 1 N–H and O–H groups in total. The van der Waals surface area contributed by atoms with Crippen molar-refractivity contribution < 1.29 is 14.6 Å². The molecule has 0 saturated carbocycles. The third-order valence-corrected chi connectivity index (χ3v) is 2.73. The minimum Gasteiger partial charge on any atom is -0.494 e. The van der Waals surface area contributed by atoms with E-state index in [9.17, 15) is 9.59 Å². The van der Waals surface area contributed by atoms with Crippen LogP contribution in [0.25, 0.3) is 10.8 Å². The number of aromatic nitrogens is 1. The second kappa shape index (κ2) is 5.56. The summed E-state index contributed by atoms with van der Waals surface area (Å²) < 4.78 is 6.67. The Morgan fingerprint density at radius 1 is 1.37 bits per heavy atom. The fourth-order valence-corrected chi connectivity index (χ4v) is 1.85. The highest BCUT2D eigenvalue weighted by atomic mass is 16.5. The molecule has 0 bridgehead atoms. The van der Waals surface area contributed by atoms with Crippen molar-refractivity contribution in [1.82, 2.24) is 4.57 Å². The molecular weight excluding hydrogens is 246 g/mol. The topological polar surface area (TPSA) is 68.5 Å². The first-order valence-electron chi connectivity index (χ1n) is 6.09. The van der Waals surface area contributed by atoms with Crippen molar-refractivity contribution in [3.63, 3.8) is 0 Å². The number of carboxylic acids is 1. The van der Waals surface area contributed by atoms with Crippen LogP contribution in [-0.2, 0) is 11.3 Å². The van der Waals surface area contributed by atoms with Crippen molar-refractivity contribution in [2.75, 3.05) is 6.61 Å². The number of hydrogen-bond acceptors (Lipinski definition) is 3. The Morgan fingerprint density at radius 2 is 2.16 bits per heavy atom. The van der Waals surface area contributed by atoms with E-state index in [1.807, 2.05) is 6.92 Å². The molecule has 0 aliphatic carbocycles. The van der Waals surface area contributed by atoms with Gasteiger partial charge in [0.1, 0.15) is 12.3 Å². The highest BCUT2D eigenvalue weighted by Gasteiger charge is 2.06. The summed E-state index contributed by atoms with van der Waals surface area (Å²) in [6.07, 6.45) is 2.40. The van der Waals surface area contributed by atoms with E-state index in [2.05, 4.69) is 0 Å². The summed E-state index contributed by atoms with van der Waals surface area (Å²) in [7, 11) is 0. The van der Waals surface area contributed by atoms with Gasteiger partial charge in [0.25, 0.3) is 5.56 Å². The Kier molecular flexibility index (Phi) is 3.85. The van der Waals surface area contributed by atoms with Crippen molar-refractivity contribution in [2.45, 2.75) is 19.9 Å². The molecule has 0 spiro atoms. The SMILES string of the molecule is CCCOc1ccc2c(=O)n(CC(=O)O)ccc2c1. The van der Waals surface area contributed by atoms with Gasteiger partial charge in [-0.15, -0.1) is 0 Å². The molecular formula is C14H15NO4. The first-order chi connectivity index (χ1) is 9.11. The van der Waals surface area contributed by atoms with Crippen LogP contribution < -0.4 is 10.3 Å². The van der Waals surface area contributed by atoms with Gasteiger partial charge in [-0.05, 0) is 36.1 Å². The van der Waals surface area contributed by atoms with E-state index < -0.39 is 5.97 Å². The van der Waals surface area contributed by atoms with Crippen LogP contribution in [0.2, 0.25) is 0 Å². The van der Waals surface area contributed by atoms with Crippen molar-refractivity contribution in [3.8, 4) is 5.75 Å². The van der Waals surface area contributed by atoms with Gasteiger partial charge in [-0.2, -0.15) is 0 Å². The normalized spacial score (nSPS) is 10.6. The van der Waals surface area contributed by atoms with Gasteiger partial charge < -0.3 is 14.4 Å². The fourth-order valence-electron chi connectivity index (χ4n) is 1.85. The monoisotopic (exact) mass is 261 g/mol. The van der Waals surface area contributed by atoms with E-state index in [1.165, 1.54) is 10.8 Å². The second-order valence-corrected chi connectivity index (χ2v) is 4.24. The maximum absolute atomic E-state index is 12.0. The minimum absolute atomic E-state index is 0.304. The van der Waals surface area contributed by atoms with Gasteiger partial charge in [0.05, 0.1) is 6.61 Å². The van der Waals surface area contributed by atoms with E-state index >= 15 is 0 Å². The molecule has 0 atom stereocenters. The van der Waals surface area contributed by atoms with E-state index in [0.29, 0.717) is 17.7 Å². The molecule has 2 aromatic rings. The highest BCUT2D eigenvalue weighted by Crippen LogP contribution is 2.18. The van der Waals surface area contributed by atoms with Gasteiger partial charge in [0.15, 0.2) is 0 Å². The zero-order valence-electron chi connectivity index (χ0n) is 10.6. The molecule has 0 fully saturated rings. The lowest BCUT2D eigenvalue weighted by atomic mass is 10.1. The summed E-state index contributed by atoms with van der Waals surface area (Å²) in [6, 6.07) is 6.90. The Hall–Kier alpha value is -2.30. The molecule has 5 heteroatoms. The van der Waals surface area contributed by atoms with Crippen LogP contribution in [-0.4, -0.2) is 22.2 Å². The number of fused-ring (bicyclic) bond motifs is 1. The van der Waals surface area contributed by atoms with Gasteiger partial charge >= 0.3 is 5.97 Å². The van der Waals surface area contributed by atoms with E-state index in [-0.39, 0.29) is 12.1 Å². The molecule has 0 radical (unpaired) electrons. The molecule has 0 aliphatic rings. The van der Waals surface area contributed by atoms with Crippen LogP contribution in [0.3, 0.4) is 0 Å². The fraction of sp³-hybridized carbons (Fsp3) is 0.286. The van der Waals surface area contributed by atoms with Crippen molar-refractivity contribution in [2.24, 2.45) is 0 Å². The molecule has 0 aliphatic heterocycles. The molecule has 0 saturated heterocycles. The minimum atomic E-state index is -1.04. The summed E-state index contributed by atoms with van der Waals surface area (Å²) in [4.78, 5) is 22.7. The average Bonchev–Trinajstić information content (AvgIpc) is 2.39. The van der Waals surface area contributed by atoms with Gasteiger partial charge in [-0.1, -0.05) is 6.92 Å². The summed E-state index contributed by atoms with van der Waals surface area (Å²) >= 11 is 0. The lowest BCUT2D eigenvalue weighted by molar-refractivity contribution is -0.137. The maximum atomic E-state index is 12.0. The number of aliphatic carboxylic acids is 1.